The van der Waals surface area contributed by atoms with Gasteiger partial charge in [0.05, 0.1) is 30.5 Å². The van der Waals surface area contributed by atoms with Gasteiger partial charge in [-0.3, -0.25) is 4.98 Å². The van der Waals surface area contributed by atoms with Crippen LogP contribution in [0.25, 0.3) is 5.69 Å². The number of pyridine rings is 1. The van der Waals surface area contributed by atoms with E-state index >= 15 is 0 Å². The number of aryl methyl sites for hydroxylation is 2. The number of thiocarbonyl (C=S) groups is 1. The highest BCUT2D eigenvalue weighted by molar-refractivity contribution is 9.10. The average Bonchev–Trinajstić information content (AvgIpc) is 3.40. The van der Waals surface area contributed by atoms with Crippen LogP contribution in [0.4, 0.5) is 5.69 Å². The fraction of sp³-hybridized carbons (Fsp3) is 0.207. The van der Waals surface area contributed by atoms with Crippen molar-refractivity contribution < 1.29 is 9.53 Å². The second kappa shape index (κ2) is 10.1. The summed E-state index contributed by atoms with van der Waals surface area (Å²) in [6, 6.07) is 21.7. The Kier molecular flexibility index (Phi) is 6.88. The van der Waals surface area contributed by atoms with E-state index in [2.05, 4.69) is 80.7 Å². The van der Waals surface area contributed by atoms with Gasteiger partial charge in [0.1, 0.15) is 0 Å². The van der Waals surface area contributed by atoms with E-state index < -0.39 is 0 Å². The minimum Gasteiger partial charge on any atom is -0.465 e. The SMILES string of the molecule is COC(=O)c1ccc(-n2c(C)cc([C@H]3[C@H](c4ccccn4)NC(=S)N3c3ccc(Br)c(C)c3)c2C)cc1. The summed E-state index contributed by atoms with van der Waals surface area (Å²) in [6.07, 6.45) is 1.82. The Morgan fingerprint density at radius 2 is 1.76 bits per heavy atom. The molecule has 0 spiro atoms. The molecule has 0 amide bonds. The molecule has 37 heavy (non-hydrogen) atoms. The number of benzene rings is 2. The third-order valence-corrected chi connectivity index (χ3v) is 8.06. The number of carbonyl (C=O) groups is 1. The summed E-state index contributed by atoms with van der Waals surface area (Å²) < 4.78 is 8.12. The number of anilines is 1. The maximum atomic E-state index is 11.9. The Hall–Kier alpha value is -3.49. The molecule has 1 aliphatic rings. The maximum Gasteiger partial charge on any atom is 0.337 e. The van der Waals surface area contributed by atoms with Crippen LogP contribution in [-0.2, 0) is 4.74 Å². The van der Waals surface area contributed by atoms with Gasteiger partial charge in [0.15, 0.2) is 5.11 Å². The van der Waals surface area contributed by atoms with Crippen LogP contribution in [0, 0.1) is 20.8 Å². The van der Waals surface area contributed by atoms with E-state index in [-0.39, 0.29) is 18.1 Å². The Morgan fingerprint density at radius 3 is 2.41 bits per heavy atom. The number of halogens is 1. The summed E-state index contributed by atoms with van der Waals surface area (Å²) in [4.78, 5) is 18.8. The topological polar surface area (TPSA) is 59.4 Å². The van der Waals surface area contributed by atoms with E-state index in [9.17, 15) is 4.79 Å². The van der Waals surface area contributed by atoms with E-state index in [1.54, 1.807) is 12.1 Å². The lowest BCUT2D eigenvalue weighted by Crippen LogP contribution is -2.29. The second-order valence-corrected chi connectivity index (χ2v) is 10.4. The summed E-state index contributed by atoms with van der Waals surface area (Å²) in [7, 11) is 1.39. The van der Waals surface area contributed by atoms with Crippen LogP contribution in [-0.4, -0.2) is 27.7 Å². The van der Waals surface area contributed by atoms with E-state index in [1.807, 2.05) is 36.5 Å². The van der Waals surface area contributed by atoms with Crippen LogP contribution in [0.1, 0.15) is 50.7 Å². The molecule has 8 heteroatoms. The van der Waals surface area contributed by atoms with Gasteiger partial charge < -0.3 is 19.5 Å². The van der Waals surface area contributed by atoms with Crippen molar-refractivity contribution in [3.8, 4) is 5.69 Å². The molecule has 188 valence electrons. The maximum absolute atomic E-state index is 11.9. The van der Waals surface area contributed by atoms with Crippen molar-refractivity contribution >= 4 is 44.9 Å². The zero-order valence-electron chi connectivity index (χ0n) is 21.0. The van der Waals surface area contributed by atoms with Crippen LogP contribution in [0.2, 0.25) is 0 Å². The summed E-state index contributed by atoms with van der Waals surface area (Å²) in [6.45, 7) is 6.29. The molecule has 2 aromatic carbocycles. The summed E-state index contributed by atoms with van der Waals surface area (Å²) >= 11 is 9.53. The summed E-state index contributed by atoms with van der Waals surface area (Å²) in [5.74, 6) is -0.350. The smallest absolute Gasteiger partial charge is 0.337 e. The van der Waals surface area contributed by atoms with E-state index in [0.717, 1.165) is 44.1 Å². The van der Waals surface area contributed by atoms with Gasteiger partial charge in [0, 0.05) is 33.4 Å². The number of nitrogens with zero attached hydrogens (tertiary/aromatic N) is 3. The van der Waals surface area contributed by atoms with Crippen LogP contribution in [0.5, 0.6) is 0 Å². The van der Waals surface area contributed by atoms with Crippen molar-refractivity contribution in [2.45, 2.75) is 32.9 Å². The molecule has 6 nitrogen and oxygen atoms in total. The molecule has 4 aromatic rings. The largest absolute Gasteiger partial charge is 0.465 e. The standard InChI is InChI=1S/C29H27BrN4O2S/c1-17-15-22(12-13-24(17)30)34-27(26(32-29(34)37)25-7-5-6-14-31-25)23-16-18(2)33(19(23)3)21-10-8-20(9-11-21)28(35)36-4/h5-16,26-27H,1-4H3,(H,32,37)/t26-,27-/m0/s1. The summed E-state index contributed by atoms with van der Waals surface area (Å²) in [5.41, 5.74) is 7.92. The molecule has 3 heterocycles. The van der Waals surface area contributed by atoms with E-state index in [1.165, 1.54) is 7.11 Å². The van der Waals surface area contributed by atoms with Gasteiger partial charge in [-0.15, -0.1) is 0 Å². The van der Waals surface area contributed by atoms with Crippen molar-refractivity contribution in [3.05, 3.63) is 111 Å². The van der Waals surface area contributed by atoms with Crippen molar-refractivity contribution in [2.24, 2.45) is 0 Å². The number of aromatic nitrogens is 2. The highest BCUT2D eigenvalue weighted by Crippen LogP contribution is 2.44. The average molecular weight is 576 g/mol. The first-order valence-electron chi connectivity index (χ1n) is 11.9. The van der Waals surface area contributed by atoms with Crippen LogP contribution in [0.15, 0.2) is 77.4 Å². The molecule has 2 aromatic heterocycles. The first-order chi connectivity index (χ1) is 17.8. The lowest BCUT2D eigenvalue weighted by molar-refractivity contribution is 0.0600. The molecular formula is C29H27BrN4O2S. The first-order valence-corrected chi connectivity index (χ1v) is 13.1. The van der Waals surface area contributed by atoms with E-state index in [0.29, 0.717) is 10.7 Å². The molecule has 0 radical (unpaired) electrons. The summed E-state index contributed by atoms with van der Waals surface area (Å²) in [5, 5.41) is 4.21. The zero-order valence-corrected chi connectivity index (χ0v) is 23.4. The zero-order chi connectivity index (χ0) is 26.3. The van der Waals surface area contributed by atoms with Gasteiger partial charge >= 0.3 is 5.97 Å². The number of methoxy groups -OCH3 is 1. The molecule has 1 aliphatic heterocycles. The lowest BCUT2D eigenvalue weighted by atomic mass is 9.96. The van der Waals surface area contributed by atoms with Gasteiger partial charge in [0.25, 0.3) is 0 Å². The van der Waals surface area contributed by atoms with Gasteiger partial charge in [-0.25, -0.2) is 4.79 Å². The minimum absolute atomic E-state index is 0.114. The molecular weight excluding hydrogens is 548 g/mol. The fourth-order valence-corrected chi connectivity index (χ4v) is 5.67. The molecule has 0 saturated carbocycles. The fourth-order valence-electron chi connectivity index (χ4n) is 5.08. The monoisotopic (exact) mass is 574 g/mol. The quantitative estimate of drug-likeness (QED) is 0.216. The van der Waals surface area contributed by atoms with Crippen molar-refractivity contribution in [1.29, 1.82) is 0 Å². The van der Waals surface area contributed by atoms with Crippen molar-refractivity contribution in [2.75, 3.05) is 12.0 Å². The Balaban J connectivity index is 1.64. The first kappa shape index (κ1) is 25.2. The highest BCUT2D eigenvalue weighted by atomic mass is 79.9. The third kappa shape index (κ3) is 4.55. The van der Waals surface area contributed by atoms with Crippen LogP contribution >= 0.6 is 28.1 Å². The van der Waals surface area contributed by atoms with Gasteiger partial charge in [-0.05, 0) is 105 Å². The van der Waals surface area contributed by atoms with Crippen LogP contribution in [0.3, 0.4) is 0 Å². The van der Waals surface area contributed by atoms with Crippen LogP contribution < -0.4 is 10.2 Å². The Labute approximate surface area is 230 Å². The predicted molar refractivity (Wildman–Crippen MR) is 153 cm³/mol. The number of esters is 1. The third-order valence-electron chi connectivity index (χ3n) is 6.85. The van der Waals surface area contributed by atoms with E-state index in [4.69, 9.17) is 17.0 Å². The molecule has 1 saturated heterocycles. The highest BCUT2D eigenvalue weighted by Gasteiger charge is 2.42. The molecule has 1 N–H and O–H groups in total. The number of hydrogen-bond acceptors (Lipinski definition) is 4. The van der Waals surface area contributed by atoms with Gasteiger partial charge in [-0.1, -0.05) is 22.0 Å². The number of ether oxygens (including phenoxy) is 1. The van der Waals surface area contributed by atoms with Crippen molar-refractivity contribution in [1.82, 2.24) is 14.9 Å². The number of nitrogens with one attached hydrogen (secondary N) is 1. The Morgan fingerprint density at radius 1 is 1.03 bits per heavy atom. The number of rotatable bonds is 5. The number of carbonyl (C=O) groups excluding carboxylic acids is 1. The predicted octanol–water partition coefficient (Wildman–Crippen LogP) is 6.52. The van der Waals surface area contributed by atoms with Crippen molar-refractivity contribution in [3.63, 3.8) is 0 Å². The van der Waals surface area contributed by atoms with Gasteiger partial charge in [0.2, 0.25) is 0 Å². The lowest BCUT2D eigenvalue weighted by Gasteiger charge is -2.28. The molecule has 5 rings (SSSR count). The number of hydrogen-bond donors (Lipinski definition) is 1. The molecule has 1 fully saturated rings. The molecule has 0 aliphatic carbocycles. The molecule has 2 atom stereocenters. The minimum atomic E-state index is -0.350. The second-order valence-electron chi connectivity index (χ2n) is 9.13. The molecule has 0 bridgehead atoms. The Bertz CT molecular complexity index is 1480. The normalized spacial score (nSPS) is 17.1. The molecule has 0 unspecified atom stereocenters. The van der Waals surface area contributed by atoms with Gasteiger partial charge in [-0.2, -0.15) is 0 Å².